The van der Waals surface area contributed by atoms with Crippen LogP contribution in [0.1, 0.15) is 12.0 Å². The van der Waals surface area contributed by atoms with Crippen molar-refractivity contribution in [1.29, 1.82) is 0 Å². The Balaban J connectivity index is 2.51. The van der Waals surface area contributed by atoms with Gasteiger partial charge in [-0.05, 0) is 24.6 Å². The van der Waals surface area contributed by atoms with E-state index in [-0.39, 0.29) is 16.5 Å². The van der Waals surface area contributed by atoms with Crippen molar-refractivity contribution in [2.45, 2.75) is 6.42 Å². The molecule has 3 nitrogen and oxygen atoms in total. The third kappa shape index (κ3) is 4.85. The summed E-state index contributed by atoms with van der Waals surface area (Å²) in [5.74, 6) is -0.739. The highest BCUT2D eigenvalue weighted by molar-refractivity contribution is 6.32. The Morgan fingerprint density at radius 2 is 2.33 bits per heavy atom. The third-order valence-corrected chi connectivity index (χ3v) is 2.56. The summed E-state index contributed by atoms with van der Waals surface area (Å²) in [6.07, 6.45) is 3.36. The van der Waals surface area contributed by atoms with E-state index in [1.807, 2.05) is 0 Å². The van der Waals surface area contributed by atoms with Gasteiger partial charge in [0.05, 0.1) is 5.02 Å². The van der Waals surface area contributed by atoms with Gasteiger partial charge in [0, 0.05) is 31.9 Å². The molecule has 1 aromatic carbocycles. The van der Waals surface area contributed by atoms with Gasteiger partial charge in [-0.1, -0.05) is 17.7 Å². The molecule has 0 saturated carbocycles. The average molecular weight is 272 g/mol. The summed E-state index contributed by atoms with van der Waals surface area (Å²) in [4.78, 5) is 11.4. The third-order valence-electron chi connectivity index (χ3n) is 2.23. The van der Waals surface area contributed by atoms with E-state index in [2.05, 4.69) is 5.32 Å². The Kier molecular flexibility index (Phi) is 6.39. The molecule has 0 aliphatic rings. The van der Waals surface area contributed by atoms with Crippen LogP contribution in [0, 0.1) is 5.82 Å². The molecule has 0 spiro atoms. The monoisotopic (exact) mass is 271 g/mol. The molecule has 0 unspecified atom stereocenters. The fourth-order valence-electron chi connectivity index (χ4n) is 1.32. The van der Waals surface area contributed by atoms with Gasteiger partial charge in [-0.25, -0.2) is 4.39 Å². The number of amides is 1. The Hall–Kier alpha value is -1.39. The van der Waals surface area contributed by atoms with Crippen LogP contribution in [-0.4, -0.2) is 26.2 Å². The molecule has 0 aliphatic carbocycles. The maximum absolute atomic E-state index is 13.4. The van der Waals surface area contributed by atoms with Crippen molar-refractivity contribution in [3.05, 3.63) is 40.7 Å². The van der Waals surface area contributed by atoms with Gasteiger partial charge in [-0.15, -0.1) is 0 Å². The minimum atomic E-state index is -0.453. The summed E-state index contributed by atoms with van der Waals surface area (Å²) in [5.41, 5.74) is 0.214. The van der Waals surface area contributed by atoms with Gasteiger partial charge in [0.2, 0.25) is 5.91 Å². The number of ether oxygens (including phenoxy) is 1. The number of rotatable bonds is 6. The molecule has 0 bridgehead atoms. The first-order valence-corrected chi connectivity index (χ1v) is 5.92. The number of methoxy groups -OCH3 is 1. The van der Waals surface area contributed by atoms with E-state index in [0.717, 1.165) is 6.42 Å². The normalized spacial score (nSPS) is 10.8. The lowest BCUT2D eigenvalue weighted by Gasteiger charge is -2.02. The van der Waals surface area contributed by atoms with Crippen LogP contribution in [0.25, 0.3) is 6.08 Å². The molecule has 0 fully saturated rings. The lowest BCUT2D eigenvalue weighted by Crippen LogP contribution is -2.22. The first-order valence-electron chi connectivity index (χ1n) is 5.54. The van der Waals surface area contributed by atoms with Crippen LogP contribution < -0.4 is 5.32 Å². The lowest BCUT2D eigenvalue weighted by molar-refractivity contribution is -0.116. The predicted octanol–water partition coefficient (Wildman–Crippen LogP) is 2.65. The lowest BCUT2D eigenvalue weighted by atomic mass is 10.2. The Morgan fingerprint density at radius 1 is 1.56 bits per heavy atom. The second-order valence-electron chi connectivity index (χ2n) is 3.61. The topological polar surface area (TPSA) is 38.3 Å². The summed E-state index contributed by atoms with van der Waals surface area (Å²) in [6.45, 7) is 1.10. The van der Waals surface area contributed by atoms with Crippen LogP contribution in [0.4, 0.5) is 4.39 Å². The number of carbonyl (C=O) groups excluding carboxylic acids is 1. The minimum Gasteiger partial charge on any atom is -0.385 e. The molecule has 18 heavy (non-hydrogen) atoms. The van der Waals surface area contributed by atoms with E-state index >= 15 is 0 Å². The van der Waals surface area contributed by atoms with E-state index in [4.69, 9.17) is 16.3 Å². The van der Waals surface area contributed by atoms with Crippen LogP contribution in [0.15, 0.2) is 24.3 Å². The van der Waals surface area contributed by atoms with Crippen LogP contribution in [0.5, 0.6) is 0 Å². The molecule has 5 heteroatoms. The van der Waals surface area contributed by atoms with E-state index in [1.54, 1.807) is 13.2 Å². The standard InChI is InChI=1S/C13H15ClFNO2/c1-18-9-3-8-16-13(17)7-6-10-11(14)4-2-5-12(10)15/h2,4-7H,3,8-9H2,1H3,(H,16,17)/b7-6+. The highest BCUT2D eigenvalue weighted by atomic mass is 35.5. The molecule has 98 valence electrons. The van der Waals surface area contributed by atoms with Crippen LogP contribution in [0.2, 0.25) is 5.02 Å². The first-order chi connectivity index (χ1) is 8.65. The van der Waals surface area contributed by atoms with Crippen LogP contribution >= 0.6 is 11.6 Å². The fraction of sp³-hybridized carbons (Fsp3) is 0.308. The number of benzene rings is 1. The van der Waals surface area contributed by atoms with Gasteiger partial charge in [0.1, 0.15) is 5.82 Å². The fourth-order valence-corrected chi connectivity index (χ4v) is 1.54. The van der Waals surface area contributed by atoms with E-state index in [1.165, 1.54) is 24.3 Å². The van der Waals surface area contributed by atoms with Crippen molar-refractivity contribution in [2.75, 3.05) is 20.3 Å². The summed E-state index contributed by atoms with van der Waals surface area (Å²) < 4.78 is 18.2. The van der Waals surface area contributed by atoms with Gasteiger partial charge in [0.25, 0.3) is 0 Å². The van der Waals surface area contributed by atoms with Gasteiger partial charge >= 0.3 is 0 Å². The molecule has 0 atom stereocenters. The predicted molar refractivity (Wildman–Crippen MR) is 69.9 cm³/mol. The molecule has 0 heterocycles. The van der Waals surface area contributed by atoms with E-state index in [9.17, 15) is 9.18 Å². The first kappa shape index (κ1) is 14.7. The van der Waals surface area contributed by atoms with Crippen molar-refractivity contribution in [1.82, 2.24) is 5.32 Å². The number of nitrogens with one attached hydrogen (secondary N) is 1. The smallest absolute Gasteiger partial charge is 0.244 e. The van der Waals surface area contributed by atoms with Crippen LogP contribution in [-0.2, 0) is 9.53 Å². The molecule has 0 radical (unpaired) electrons. The van der Waals surface area contributed by atoms with Gasteiger partial charge < -0.3 is 10.1 Å². The number of hydrogen-bond acceptors (Lipinski definition) is 2. The largest absolute Gasteiger partial charge is 0.385 e. The second-order valence-corrected chi connectivity index (χ2v) is 4.01. The quantitative estimate of drug-likeness (QED) is 0.638. The number of hydrogen-bond donors (Lipinski definition) is 1. The summed E-state index contributed by atoms with van der Waals surface area (Å²) >= 11 is 5.82. The summed E-state index contributed by atoms with van der Waals surface area (Å²) in [6, 6.07) is 4.38. The van der Waals surface area contributed by atoms with E-state index in [0.29, 0.717) is 13.2 Å². The minimum absolute atomic E-state index is 0.214. The van der Waals surface area contributed by atoms with Gasteiger partial charge in [-0.2, -0.15) is 0 Å². The van der Waals surface area contributed by atoms with E-state index < -0.39 is 5.82 Å². The molecule has 0 aromatic heterocycles. The highest BCUT2D eigenvalue weighted by Crippen LogP contribution is 2.20. The molecule has 0 saturated heterocycles. The zero-order chi connectivity index (χ0) is 13.4. The van der Waals surface area contributed by atoms with Gasteiger partial charge in [-0.3, -0.25) is 4.79 Å². The molecule has 1 N–H and O–H groups in total. The van der Waals surface area contributed by atoms with Crippen molar-refractivity contribution in [2.24, 2.45) is 0 Å². The number of halogens is 2. The van der Waals surface area contributed by atoms with Crippen molar-refractivity contribution >= 4 is 23.6 Å². The Morgan fingerprint density at radius 3 is 3.00 bits per heavy atom. The Labute approximate surface area is 111 Å². The SMILES string of the molecule is COCCCNC(=O)/C=C/c1c(F)cccc1Cl. The van der Waals surface area contributed by atoms with Crippen molar-refractivity contribution in [3.63, 3.8) is 0 Å². The zero-order valence-corrected chi connectivity index (χ0v) is 10.8. The molecule has 1 rings (SSSR count). The maximum Gasteiger partial charge on any atom is 0.244 e. The zero-order valence-electron chi connectivity index (χ0n) is 10.1. The molecule has 1 amide bonds. The van der Waals surface area contributed by atoms with Gasteiger partial charge in [0.15, 0.2) is 0 Å². The van der Waals surface area contributed by atoms with Crippen molar-refractivity contribution < 1.29 is 13.9 Å². The highest BCUT2D eigenvalue weighted by Gasteiger charge is 2.03. The maximum atomic E-state index is 13.4. The van der Waals surface area contributed by atoms with Crippen LogP contribution in [0.3, 0.4) is 0 Å². The molecule has 1 aromatic rings. The summed E-state index contributed by atoms with van der Waals surface area (Å²) in [5, 5.41) is 2.93. The molecule has 0 aliphatic heterocycles. The second kappa shape index (κ2) is 7.84. The molecular formula is C13H15ClFNO2. The molecular weight excluding hydrogens is 257 g/mol. The summed E-state index contributed by atoms with van der Waals surface area (Å²) in [7, 11) is 1.60. The Bertz CT molecular complexity index is 415. The van der Waals surface area contributed by atoms with Crippen molar-refractivity contribution in [3.8, 4) is 0 Å². The number of carbonyl (C=O) groups is 1. The average Bonchev–Trinajstić information content (AvgIpc) is 2.34.